The number of carbonyl (C=O) groups is 1. The summed E-state index contributed by atoms with van der Waals surface area (Å²) >= 11 is 0. The quantitative estimate of drug-likeness (QED) is 0.154. The highest BCUT2D eigenvalue weighted by atomic mass is 32.2. The molecule has 0 saturated carbocycles. The van der Waals surface area contributed by atoms with E-state index in [1.807, 2.05) is 55.5 Å². The number of para-hydroxylation sites is 1. The van der Waals surface area contributed by atoms with Crippen molar-refractivity contribution >= 4 is 38.6 Å². The van der Waals surface area contributed by atoms with Crippen LogP contribution in [0, 0.1) is 13.8 Å². The number of fused-ring (bicyclic) bond motifs is 1. The van der Waals surface area contributed by atoms with Gasteiger partial charge >= 0.3 is 0 Å². The predicted molar refractivity (Wildman–Crippen MR) is 167 cm³/mol. The Morgan fingerprint density at radius 1 is 0.833 bits per heavy atom. The van der Waals surface area contributed by atoms with Crippen molar-refractivity contribution in [2.45, 2.75) is 25.3 Å². The monoisotopic (exact) mass is 577 g/mol. The van der Waals surface area contributed by atoms with E-state index in [9.17, 15) is 13.2 Å². The lowest BCUT2D eigenvalue weighted by atomic mass is 10.1. The number of rotatable bonds is 10. The number of nitrogens with one attached hydrogen (secondary N) is 1. The number of hydrazone groups is 1. The standard InChI is InChI=1S/C34H31N3O4S/c1-25-14-20-31(21-15-25)42(39,40)37(33-13-6-3-8-26(33)2)23-34(38)36-35-22-27-16-18-30(19-17-27)41-24-29-11-7-10-28-9-4-5-12-32(28)29/h3-22H,23-24H2,1-2H3,(H,36,38)/b35-22-. The molecule has 0 aliphatic carbocycles. The maximum atomic E-state index is 13.6. The van der Waals surface area contributed by atoms with Crippen LogP contribution in [-0.4, -0.2) is 27.1 Å². The summed E-state index contributed by atoms with van der Waals surface area (Å²) in [4.78, 5) is 13.0. The molecule has 0 aliphatic heterocycles. The second-order valence-electron chi connectivity index (χ2n) is 9.90. The molecular formula is C34H31N3O4S. The third-order valence-corrected chi connectivity index (χ3v) is 8.61. The molecule has 0 saturated heterocycles. The van der Waals surface area contributed by atoms with Crippen molar-refractivity contribution < 1.29 is 17.9 Å². The summed E-state index contributed by atoms with van der Waals surface area (Å²) in [7, 11) is -4.00. The van der Waals surface area contributed by atoms with Crippen LogP contribution in [0.2, 0.25) is 0 Å². The van der Waals surface area contributed by atoms with Crippen molar-refractivity contribution in [3.63, 3.8) is 0 Å². The molecule has 0 aliphatic rings. The number of ether oxygens (including phenoxy) is 1. The first-order valence-electron chi connectivity index (χ1n) is 13.5. The van der Waals surface area contributed by atoms with Gasteiger partial charge in [0.1, 0.15) is 18.9 Å². The molecule has 5 rings (SSSR count). The average molecular weight is 578 g/mol. The zero-order valence-corrected chi connectivity index (χ0v) is 24.2. The van der Waals surface area contributed by atoms with E-state index < -0.39 is 22.5 Å². The summed E-state index contributed by atoms with van der Waals surface area (Å²) in [5, 5.41) is 6.38. The Morgan fingerprint density at radius 2 is 1.52 bits per heavy atom. The minimum absolute atomic E-state index is 0.107. The molecule has 0 aromatic heterocycles. The van der Waals surface area contributed by atoms with Crippen LogP contribution in [0.15, 0.2) is 125 Å². The minimum atomic E-state index is -4.00. The van der Waals surface area contributed by atoms with Gasteiger partial charge in [-0.3, -0.25) is 9.10 Å². The van der Waals surface area contributed by atoms with Gasteiger partial charge in [-0.15, -0.1) is 0 Å². The molecule has 8 heteroatoms. The summed E-state index contributed by atoms with van der Waals surface area (Å²) in [6.07, 6.45) is 1.50. The van der Waals surface area contributed by atoms with E-state index in [1.165, 1.54) is 11.6 Å². The number of carbonyl (C=O) groups excluding carboxylic acids is 1. The summed E-state index contributed by atoms with van der Waals surface area (Å²) < 4.78 is 34.2. The Labute approximate surface area is 246 Å². The van der Waals surface area contributed by atoms with Gasteiger partial charge in [0.25, 0.3) is 15.9 Å². The molecule has 212 valence electrons. The fourth-order valence-corrected chi connectivity index (χ4v) is 6.04. The van der Waals surface area contributed by atoms with Crippen LogP contribution < -0.4 is 14.5 Å². The Bertz CT molecular complexity index is 1830. The van der Waals surface area contributed by atoms with E-state index in [1.54, 1.807) is 49.4 Å². The molecule has 0 heterocycles. The Balaban J connectivity index is 1.23. The van der Waals surface area contributed by atoms with E-state index in [4.69, 9.17) is 4.74 Å². The molecule has 0 fully saturated rings. The Morgan fingerprint density at radius 3 is 2.29 bits per heavy atom. The second kappa shape index (κ2) is 12.7. The first-order chi connectivity index (χ1) is 20.3. The Hall–Kier alpha value is -4.95. The molecule has 0 spiro atoms. The summed E-state index contributed by atoms with van der Waals surface area (Å²) in [6, 6.07) is 35.3. The van der Waals surface area contributed by atoms with E-state index in [-0.39, 0.29) is 4.90 Å². The van der Waals surface area contributed by atoms with Gasteiger partial charge in [0, 0.05) is 0 Å². The van der Waals surface area contributed by atoms with Gasteiger partial charge in [0.15, 0.2) is 0 Å². The van der Waals surface area contributed by atoms with Crippen LogP contribution in [0.4, 0.5) is 5.69 Å². The normalized spacial score (nSPS) is 11.5. The maximum absolute atomic E-state index is 13.6. The maximum Gasteiger partial charge on any atom is 0.264 e. The minimum Gasteiger partial charge on any atom is -0.489 e. The summed E-state index contributed by atoms with van der Waals surface area (Å²) in [5.74, 6) is 0.138. The fourth-order valence-electron chi connectivity index (χ4n) is 4.55. The molecule has 0 unspecified atom stereocenters. The van der Waals surface area contributed by atoms with E-state index in [0.29, 0.717) is 18.0 Å². The van der Waals surface area contributed by atoms with Crippen LogP contribution in [0.25, 0.3) is 10.8 Å². The molecule has 0 atom stereocenters. The van der Waals surface area contributed by atoms with E-state index in [2.05, 4.69) is 34.8 Å². The number of hydrogen-bond donors (Lipinski definition) is 1. The zero-order chi connectivity index (χ0) is 29.5. The average Bonchev–Trinajstić information content (AvgIpc) is 3.00. The van der Waals surface area contributed by atoms with Gasteiger partial charge in [0.2, 0.25) is 0 Å². The highest BCUT2D eigenvalue weighted by Gasteiger charge is 2.28. The molecule has 7 nitrogen and oxygen atoms in total. The van der Waals surface area contributed by atoms with Crippen LogP contribution in [0.5, 0.6) is 5.75 Å². The number of aryl methyl sites for hydroxylation is 2. The van der Waals surface area contributed by atoms with E-state index >= 15 is 0 Å². The van der Waals surface area contributed by atoms with Crippen molar-refractivity contribution in [1.29, 1.82) is 0 Å². The predicted octanol–water partition coefficient (Wildman–Crippen LogP) is 6.38. The number of benzene rings is 5. The lowest BCUT2D eigenvalue weighted by molar-refractivity contribution is -0.119. The lowest BCUT2D eigenvalue weighted by Gasteiger charge is -2.25. The number of sulfonamides is 1. The largest absolute Gasteiger partial charge is 0.489 e. The molecule has 1 amide bonds. The highest BCUT2D eigenvalue weighted by molar-refractivity contribution is 7.92. The fraction of sp³-hybridized carbons (Fsp3) is 0.118. The Kier molecular flexibility index (Phi) is 8.64. The highest BCUT2D eigenvalue weighted by Crippen LogP contribution is 2.27. The third-order valence-electron chi connectivity index (χ3n) is 6.84. The van der Waals surface area contributed by atoms with Crippen LogP contribution in [0.3, 0.4) is 0 Å². The third kappa shape index (κ3) is 6.67. The van der Waals surface area contributed by atoms with Crippen LogP contribution in [0.1, 0.15) is 22.3 Å². The molecule has 0 bridgehead atoms. The SMILES string of the molecule is Cc1ccc(S(=O)(=O)N(CC(=O)N/N=C\c2ccc(OCc3cccc4ccccc34)cc2)c2ccccc2C)cc1. The first-order valence-corrected chi connectivity index (χ1v) is 14.9. The van der Waals surface area contributed by atoms with Gasteiger partial charge in [-0.25, -0.2) is 13.8 Å². The van der Waals surface area contributed by atoms with Crippen LogP contribution >= 0.6 is 0 Å². The van der Waals surface area contributed by atoms with Crippen molar-refractivity contribution in [3.8, 4) is 5.75 Å². The molecule has 1 N–H and O–H groups in total. The molecule has 5 aromatic carbocycles. The van der Waals surface area contributed by atoms with Gasteiger partial charge < -0.3 is 4.74 Å². The van der Waals surface area contributed by atoms with E-state index in [0.717, 1.165) is 31.9 Å². The molecule has 5 aromatic rings. The van der Waals surface area contributed by atoms with Gasteiger partial charge in [-0.05, 0) is 83.8 Å². The molecule has 42 heavy (non-hydrogen) atoms. The van der Waals surface area contributed by atoms with Gasteiger partial charge in [-0.1, -0.05) is 78.4 Å². The van der Waals surface area contributed by atoms with Crippen molar-refractivity contribution in [2.75, 3.05) is 10.8 Å². The van der Waals surface area contributed by atoms with Gasteiger partial charge in [0.05, 0.1) is 16.8 Å². The van der Waals surface area contributed by atoms with Crippen molar-refractivity contribution in [1.82, 2.24) is 5.43 Å². The zero-order valence-electron chi connectivity index (χ0n) is 23.4. The van der Waals surface area contributed by atoms with Crippen molar-refractivity contribution in [2.24, 2.45) is 5.10 Å². The lowest BCUT2D eigenvalue weighted by Crippen LogP contribution is -2.40. The first kappa shape index (κ1) is 28.6. The summed E-state index contributed by atoms with van der Waals surface area (Å²) in [6.45, 7) is 3.69. The molecular weight excluding hydrogens is 546 g/mol. The summed E-state index contributed by atoms with van der Waals surface area (Å²) in [5.41, 5.74) is 6.40. The smallest absolute Gasteiger partial charge is 0.264 e. The number of hydrogen-bond acceptors (Lipinski definition) is 5. The topological polar surface area (TPSA) is 88.1 Å². The molecule has 0 radical (unpaired) electrons. The number of anilines is 1. The number of amides is 1. The van der Waals surface area contributed by atoms with Gasteiger partial charge in [-0.2, -0.15) is 5.10 Å². The van der Waals surface area contributed by atoms with Crippen LogP contribution in [-0.2, 0) is 21.4 Å². The van der Waals surface area contributed by atoms with Crippen molar-refractivity contribution in [3.05, 3.63) is 138 Å². The second-order valence-corrected chi connectivity index (χ2v) is 11.8. The number of nitrogens with zero attached hydrogens (tertiary/aromatic N) is 2.